The van der Waals surface area contributed by atoms with Crippen LogP contribution in [0, 0.1) is 0 Å². The van der Waals surface area contributed by atoms with E-state index in [-0.39, 0.29) is 0 Å². The molecule has 0 saturated carbocycles. The van der Waals surface area contributed by atoms with Crippen molar-refractivity contribution in [1.29, 1.82) is 0 Å². The van der Waals surface area contributed by atoms with Gasteiger partial charge in [0.25, 0.3) is 0 Å². The van der Waals surface area contributed by atoms with E-state index < -0.39 is 0 Å². The van der Waals surface area contributed by atoms with E-state index in [1.165, 1.54) is 51.6 Å². The van der Waals surface area contributed by atoms with Crippen molar-refractivity contribution in [2.75, 3.05) is 19.6 Å². The molecule has 1 fully saturated rings. The Morgan fingerprint density at radius 3 is 2.36 bits per heavy atom. The lowest BCUT2D eigenvalue weighted by atomic mass is 10.1. The van der Waals surface area contributed by atoms with Crippen molar-refractivity contribution in [2.45, 2.75) is 57.9 Å². The van der Waals surface area contributed by atoms with Gasteiger partial charge in [-0.3, -0.25) is 4.90 Å². The minimum absolute atomic E-state index is 0.365. The molecule has 2 unspecified atom stereocenters. The van der Waals surface area contributed by atoms with Gasteiger partial charge in [0.15, 0.2) is 0 Å². The zero-order valence-corrected chi connectivity index (χ0v) is 9.89. The lowest BCUT2D eigenvalue weighted by Crippen LogP contribution is -2.25. The highest BCUT2D eigenvalue weighted by Gasteiger charge is 2.45. The Bertz CT molecular complexity index is 158. The Kier molecular flexibility index (Phi) is 4.90. The van der Waals surface area contributed by atoms with E-state index in [9.17, 15) is 0 Å². The van der Waals surface area contributed by atoms with Gasteiger partial charge in [-0.05, 0) is 19.9 Å². The molecule has 0 aliphatic carbocycles. The molecule has 84 valence electrons. The van der Waals surface area contributed by atoms with Crippen LogP contribution in [0.25, 0.3) is 0 Å². The van der Waals surface area contributed by atoms with E-state index >= 15 is 0 Å². The van der Waals surface area contributed by atoms with Crippen LogP contribution in [0.2, 0.25) is 0 Å². The lowest BCUT2D eigenvalue weighted by Gasteiger charge is -2.09. The summed E-state index contributed by atoms with van der Waals surface area (Å²) < 4.78 is 0. The third kappa shape index (κ3) is 3.58. The van der Waals surface area contributed by atoms with E-state index in [0.717, 1.165) is 6.54 Å². The molecule has 2 N–H and O–H groups in total. The SMILES string of the molecule is CCCCCCCCN1CC1(C)CN. The molecule has 1 aliphatic heterocycles. The monoisotopic (exact) mass is 198 g/mol. The highest BCUT2D eigenvalue weighted by Crippen LogP contribution is 2.30. The number of hydrogen-bond donors (Lipinski definition) is 1. The first kappa shape index (κ1) is 12.0. The molecule has 0 spiro atoms. The van der Waals surface area contributed by atoms with Gasteiger partial charge in [0.1, 0.15) is 0 Å². The van der Waals surface area contributed by atoms with Crippen LogP contribution in [-0.2, 0) is 0 Å². The van der Waals surface area contributed by atoms with Gasteiger partial charge in [-0.25, -0.2) is 0 Å². The largest absolute Gasteiger partial charge is 0.329 e. The molecule has 2 atom stereocenters. The number of hydrogen-bond acceptors (Lipinski definition) is 2. The lowest BCUT2D eigenvalue weighted by molar-refractivity contribution is 0.411. The van der Waals surface area contributed by atoms with Crippen molar-refractivity contribution in [3.8, 4) is 0 Å². The summed E-state index contributed by atoms with van der Waals surface area (Å²) >= 11 is 0. The van der Waals surface area contributed by atoms with Crippen LogP contribution in [0.3, 0.4) is 0 Å². The summed E-state index contributed by atoms with van der Waals surface area (Å²) in [6.45, 7) is 7.84. The highest BCUT2D eigenvalue weighted by molar-refractivity contribution is 5.03. The summed E-state index contributed by atoms with van der Waals surface area (Å²) in [4.78, 5) is 2.51. The van der Waals surface area contributed by atoms with Crippen molar-refractivity contribution in [1.82, 2.24) is 4.90 Å². The molecule has 1 rings (SSSR count). The van der Waals surface area contributed by atoms with Crippen LogP contribution in [-0.4, -0.2) is 30.1 Å². The average Bonchev–Trinajstić information content (AvgIpc) is 2.84. The smallest absolute Gasteiger partial charge is 0.0431 e. The maximum Gasteiger partial charge on any atom is 0.0431 e. The first-order chi connectivity index (χ1) is 6.73. The van der Waals surface area contributed by atoms with Gasteiger partial charge in [-0.2, -0.15) is 0 Å². The second-order valence-electron chi connectivity index (χ2n) is 4.89. The molecule has 2 heteroatoms. The molecule has 0 bridgehead atoms. The second-order valence-corrected chi connectivity index (χ2v) is 4.89. The van der Waals surface area contributed by atoms with Crippen LogP contribution >= 0.6 is 0 Å². The minimum atomic E-state index is 0.365. The van der Waals surface area contributed by atoms with Crippen molar-refractivity contribution in [3.05, 3.63) is 0 Å². The Balaban J connectivity index is 1.86. The van der Waals surface area contributed by atoms with Crippen molar-refractivity contribution in [3.63, 3.8) is 0 Å². The van der Waals surface area contributed by atoms with Crippen LogP contribution in [0.15, 0.2) is 0 Å². The molecule has 1 saturated heterocycles. The van der Waals surface area contributed by atoms with Crippen LogP contribution < -0.4 is 5.73 Å². The molecule has 0 aromatic carbocycles. The van der Waals surface area contributed by atoms with Crippen molar-refractivity contribution < 1.29 is 0 Å². The number of nitrogens with two attached hydrogens (primary N) is 1. The molecule has 0 aromatic heterocycles. The molecule has 0 radical (unpaired) electrons. The molecular weight excluding hydrogens is 172 g/mol. The summed E-state index contributed by atoms with van der Waals surface area (Å²) in [5.41, 5.74) is 6.05. The summed E-state index contributed by atoms with van der Waals surface area (Å²) in [6.07, 6.45) is 8.35. The van der Waals surface area contributed by atoms with Gasteiger partial charge in [0, 0.05) is 18.6 Å². The first-order valence-corrected chi connectivity index (χ1v) is 6.18. The minimum Gasteiger partial charge on any atom is -0.329 e. The van der Waals surface area contributed by atoms with E-state index in [1.54, 1.807) is 0 Å². The summed E-state index contributed by atoms with van der Waals surface area (Å²) in [5, 5.41) is 0. The van der Waals surface area contributed by atoms with Gasteiger partial charge in [0.2, 0.25) is 0 Å². The molecular formula is C12H26N2. The van der Waals surface area contributed by atoms with Crippen LogP contribution in [0.1, 0.15) is 52.4 Å². The maximum absolute atomic E-state index is 5.69. The van der Waals surface area contributed by atoms with Crippen LogP contribution in [0.5, 0.6) is 0 Å². The fraction of sp³-hybridized carbons (Fsp3) is 1.00. The first-order valence-electron chi connectivity index (χ1n) is 6.18. The van der Waals surface area contributed by atoms with Crippen molar-refractivity contribution in [2.24, 2.45) is 5.73 Å². The fourth-order valence-electron chi connectivity index (χ4n) is 2.00. The zero-order chi connectivity index (χ0) is 10.4. The second kappa shape index (κ2) is 5.72. The maximum atomic E-state index is 5.69. The summed E-state index contributed by atoms with van der Waals surface area (Å²) in [7, 11) is 0. The van der Waals surface area contributed by atoms with Gasteiger partial charge >= 0.3 is 0 Å². The van der Waals surface area contributed by atoms with E-state index in [1.807, 2.05) is 0 Å². The van der Waals surface area contributed by atoms with Crippen LogP contribution in [0.4, 0.5) is 0 Å². The van der Waals surface area contributed by atoms with Gasteiger partial charge < -0.3 is 5.73 Å². The molecule has 0 aromatic rings. The van der Waals surface area contributed by atoms with Gasteiger partial charge in [-0.15, -0.1) is 0 Å². The normalized spacial score (nSPS) is 30.6. The van der Waals surface area contributed by atoms with Gasteiger partial charge in [-0.1, -0.05) is 39.0 Å². The highest BCUT2D eigenvalue weighted by atomic mass is 15.4. The third-order valence-electron chi connectivity index (χ3n) is 3.41. The molecule has 1 heterocycles. The van der Waals surface area contributed by atoms with Crippen molar-refractivity contribution >= 4 is 0 Å². The standard InChI is InChI=1S/C12H26N2/c1-3-4-5-6-7-8-9-14-11-12(14,2)10-13/h3-11,13H2,1-2H3. The predicted molar refractivity (Wildman–Crippen MR) is 62.4 cm³/mol. The summed E-state index contributed by atoms with van der Waals surface area (Å²) in [5.74, 6) is 0. The average molecular weight is 198 g/mol. The predicted octanol–water partition coefficient (Wildman–Crippen LogP) is 2.38. The van der Waals surface area contributed by atoms with E-state index in [0.29, 0.717) is 5.54 Å². The van der Waals surface area contributed by atoms with Gasteiger partial charge in [0.05, 0.1) is 0 Å². The Morgan fingerprint density at radius 1 is 1.14 bits per heavy atom. The molecule has 14 heavy (non-hydrogen) atoms. The molecule has 2 nitrogen and oxygen atoms in total. The Morgan fingerprint density at radius 2 is 1.79 bits per heavy atom. The van der Waals surface area contributed by atoms with E-state index in [4.69, 9.17) is 5.73 Å². The van der Waals surface area contributed by atoms with E-state index in [2.05, 4.69) is 18.7 Å². The number of rotatable bonds is 8. The summed E-state index contributed by atoms with van der Waals surface area (Å²) in [6, 6.07) is 0. The fourth-order valence-corrected chi connectivity index (χ4v) is 2.00. The topological polar surface area (TPSA) is 29.0 Å². The Labute approximate surface area is 88.8 Å². The zero-order valence-electron chi connectivity index (χ0n) is 9.89. The number of unbranched alkanes of at least 4 members (excludes halogenated alkanes) is 5. The Hall–Kier alpha value is -0.0800. The number of nitrogens with zero attached hydrogens (tertiary/aromatic N) is 1. The third-order valence-corrected chi connectivity index (χ3v) is 3.41. The molecule has 0 amide bonds. The quantitative estimate of drug-likeness (QED) is 0.479. The molecule has 1 aliphatic rings.